The van der Waals surface area contributed by atoms with Gasteiger partial charge in [-0.15, -0.1) is 0 Å². The summed E-state index contributed by atoms with van der Waals surface area (Å²) in [5.41, 5.74) is 1.81. The molecule has 0 spiro atoms. The molecule has 0 aromatic heterocycles. The van der Waals surface area contributed by atoms with Crippen molar-refractivity contribution in [3.8, 4) is 11.5 Å². The summed E-state index contributed by atoms with van der Waals surface area (Å²) >= 11 is 3.25. The van der Waals surface area contributed by atoms with Gasteiger partial charge in [-0.05, 0) is 64.3 Å². The van der Waals surface area contributed by atoms with Crippen LogP contribution in [-0.4, -0.2) is 5.11 Å². The van der Waals surface area contributed by atoms with Gasteiger partial charge in [0, 0.05) is 0 Å². The van der Waals surface area contributed by atoms with Crippen LogP contribution in [0.15, 0.2) is 40.9 Å². The third-order valence-corrected chi connectivity index (χ3v) is 3.23. The van der Waals surface area contributed by atoms with Crippen molar-refractivity contribution in [2.45, 2.75) is 13.5 Å². The number of aliphatic hydroxyl groups is 1. The Labute approximate surface area is 113 Å². The second-order valence-electron chi connectivity index (χ2n) is 3.92. The molecule has 2 aromatic rings. The molecule has 0 amide bonds. The van der Waals surface area contributed by atoms with E-state index in [-0.39, 0.29) is 12.4 Å². The zero-order valence-corrected chi connectivity index (χ0v) is 11.4. The van der Waals surface area contributed by atoms with E-state index in [0.717, 1.165) is 11.1 Å². The fourth-order valence-corrected chi connectivity index (χ4v) is 2.03. The molecular formula is C14H12BrFO2. The average molecular weight is 311 g/mol. The van der Waals surface area contributed by atoms with E-state index >= 15 is 0 Å². The zero-order chi connectivity index (χ0) is 13.1. The molecule has 94 valence electrons. The minimum absolute atomic E-state index is 0.00631. The molecule has 18 heavy (non-hydrogen) atoms. The Morgan fingerprint density at radius 3 is 2.61 bits per heavy atom. The van der Waals surface area contributed by atoms with E-state index in [0.29, 0.717) is 16.0 Å². The first-order valence-electron chi connectivity index (χ1n) is 5.43. The highest BCUT2D eigenvalue weighted by molar-refractivity contribution is 9.10. The van der Waals surface area contributed by atoms with Crippen molar-refractivity contribution in [1.82, 2.24) is 0 Å². The molecule has 0 heterocycles. The van der Waals surface area contributed by atoms with Gasteiger partial charge in [0.15, 0.2) is 0 Å². The molecule has 1 N–H and O–H groups in total. The molecule has 0 saturated carbocycles. The van der Waals surface area contributed by atoms with Crippen molar-refractivity contribution in [3.63, 3.8) is 0 Å². The van der Waals surface area contributed by atoms with Gasteiger partial charge >= 0.3 is 0 Å². The molecule has 4 heteroatoms. The first-order chi connectivity index (χ1) is 8.60. The molecular weight excluding hydrogens is 299 g/mol. The van der Waals surface area contributed by atoms with E-state index in [9.17, 15) is 4.39 Å². The fraction of sp³-hybridized carbons (Fsp3) is 0.143. The Morgan fingerprint density at radius 2 is 2.00 bits per heavy atom. The van der Waals surface area contributed by atoms with E-state index in [2.05, 4.69) is 15.9 Å². The summed E-state index contributed by atoms with van der Waals surface area (Å²) in [5.74, 6) is 0.880. The maximum absolute atomic E-state index is 12.9. The Kier molecular flexibility index (Phi) is 3.99. The number of halogens is 2. The summed E-state index contributed by atoms with van der Waals surface area (Å²) in [6, 6.07) is 9.67. The van der Waals surface area contributed by atoms with E-state index < -0.39 is 0 Å². The third-order valence-electron chi connectivity index (χ3n) is 2.61. The van der Waals surface area contributed by atoms with E-state index in [4.69, 9.17) is 9.84 Å². The highest BCUT2D eigenvalue weighted by atomic mass is 79.9. The molecule has 0 radical (unpaired) electrons. The minimum Gasteiger partial charge on any atom is -0.456 e. The largest absolute Gasteiger partial charge is 0.456 e. The van der Waals surface area contributed by atoms with Crippen LogP contribution in [0.25, 0.3) is 0 Å². The molecule has 0 atom stereocenters. The van der Waals surface area contributed by atoms with Crippen LogP contribution in [0.1, 0.15) is 11.1 Å². The van der Waals surface area contributed by atoms with Gasteiger partial charge in [-0.2, -0.15) is 0 Å². The van der Waals surface area contributed by atoms with Crippen molar-refractivity contribution in [2.75, 3.05) is 0 Å². The van der Waals surface area contributed by atoms with E-state index in [1.807, 2.05) is 19.1 Å². The van der Waals surface area contributed by atoms with Crippen LogP contribution in [0.2, 0.25) is 0 Å². The molecule has 0 aliphatic rings. The second kappa shape index (κ2) is 5.50. The minimum atomic E-state index is -0.318. The third kappa shape index (κ3) is 2.89. The lowest BCUT2D eigenvalue weighted by Crippen LogP contribution is -1.91. The Hall–Kier alpha value is -1.39. The van der Waals surface area contributed by atoms with Gasteiger partial charge in [0.05, 0.1) is 11.1 Å². The Morgan fingerprint density at radius 1 is 1.22 bits per heavy atom. The number of aryl methyl sites for hydroxylation is 1. The van der Waals surface area contributed by atoms with Gasteiger partial charge in [-0.1, -0.05) is 6.07 Å². The second-order valence-corrected chi connectivity index (χ2v) is 4.78. The highest BCUT2D eigenvalue weighted by Gasteiger charge is 2.05. The van der Waals surface area contributed by atoms with Gasteiger partial charge < -0.3 is 9.84 Å². The van der Waals surface area contributed by atoms with Gasteiger partial charge in [-0.3, -0.25) is 0 Å². The summed E-state index contributed by atoms with van der Waals surface area (Å²) in [7, 11) is 0. The lowest BCUT2D eigenvalue weighted by Gasteiger charge is -2.10. The summed E-state index contributed by atoms with van der Waals surface area (Å²) < 4.78 is 19.1. The van der Waals surface area contributed by atoms with Crippen molar-refractivity contribution >= 4 is 15.9 Å². The molecule has 2 rings (SSSR count). The van der Waals surface area contributed by atoms with Crippen LogP contribution >= 0.6 is 15.9 Å². The maximum atomic E-state index is 12.9. The van der Waals surface area contributed by atoms with Gasteiger partial charge in [0.2, 0.25) is 0 Å². The van der Waals surface area contributed by atoms with Crippen LogP contribution in [0.4, 0.5) is 4.39 Å². The highest BCUT2D eigenvalue weighted by Crippen LogP contribution is 2.30. The standard InChI is InChI=1S/C14H12BrFO2/c1-9-6-12(4-2-10(9)8-17)18-14-5-3-11(16)7-13(14)15/h2-7,17H,8H2,1H3. The summed E-state index contributed by atoms with van der Waals surface area (Å²) in [6.07, 6.45) is 0. The van der Waals surface area contributed by atoms with Crippen LogP contribution < -0.4 is 4.74 Å². The first-order valence-corrected chi connectivity index (χ1v) is 6.23. The summed E-state index contributed by atoms with van der Waals surface area (Å²) in [4.78, 5) is 0. The zero-order valence-electron chi connectivity index (χ0n) is 9.78. The number of benzene rings is 2. The van der Waals surface area contributed by atoms with Crippen molar-refractivity contribution < 1.29 is 14.2 Å². The Balaban J connectivity index is 2.26. The molecule has 2 aromatic carbocycles. The number of ether oxygens (including phenoxy) is 1. The maximum Gasteiger partial charge on any atom is 0.141 e. The summed E-state index contributed by atoms with van der Waals surface area (Å²) in [5, 5.41) is 9.08. The molecule has 0 bridgehead atoms. The number of hydrogen-bond donors (Lipinski definition) is 1. The number of aliphatic hydroxyl groups excluding tert-OH is 1. The predicted octanol–water partition coefficient (Wildman–Crippen LogP) is 4.18. The average Bonchev–Trinajstić information content (AvgIpc) is 2.33. The van der Waals surface area contributed by atoms with Crippen LogP contribution in [0.3, 0.4) is 0 Å². The van der Waals surface area contributed by atoms with Crippen LogP contribution in [0.5, 0.6) is 11.5 Å². The topological polar surface area (TPSA) is 29.5 Å². The number of rotatable bonds is 3. The molecule has 0 saturated heterocycles. The molecule has 2 nitrogen and oxygen atoms in total. The predicted molar refractivity (Wildman–Crippen MR) is 71.3 cm³/mol. The lowest BCUT2D eigenvalue weighted by molar-refractivity contribution is 0.281. The molecule has 0 fully saturated rings. The van der Waals surface area contributed by atoms with Crippen molar-refractivity contribution in [1.29, 1.82) is 0 Å². The van der Waals surface area contributed by atoms with Crippen molar-refractivity contribution in [3.05, 3.63) is 57.8 Å². The van der Waals surface area contributed by atoms with Crippen LogP contribution in [0, 0.1) is 12.7 Å². The molecule has 0 unspecified atom stereocenters. The first kappa shape index (κ1) is 13.1. The quantitative estimate of drug-likeness (QED) is 0.921. The van der Waals surface area contributed by atoms with Gasteiger partial charge in [-0.25, -0.2) is 4.39 Å². The van der Waals surface area contributed by atoms with E-state index in [1.54, 1.807) is 12.1 Å². The Bertz CT molecular complexity index is 570. The molecule has 0 aliphatic heterocycles. The van der Waals surface area contributed by atoms with Crippen LogP contribution in [-0.2, 0) is 6.61 Å². The molecule has 0 aliphatic carbocycles. The van der Waals surface area contributed by atoms with Crippen molar-refractivity contribution in [2.24, 2.45) is 0 Å². The van der Waals surface area contributed by atoms with E-state index in [1.165, 1.54) is 12.1 Å². The SMILES string of the molecule is Cc1cc(Oc2ccc(F)cc2Br)ccc1CO. The number of hydrogen-bond acceptors (Lipinski definition) is 2. The van der Waals surface area contributed by atoms with Gasteiger partial charge in [0.25, 0.3) is 0 Å². The van der Waals surface area contributed by atoms with Gasteiger partial charge in [0.1, 0.15) is 17.3 Å². The smallest absolute Gasteiger partial charge is 0.141 e. The monoisotopic (exact) mass is 310 g/mol. The summed E-state index contributed by atoms with van der Waals surface area (Å²) in [6.45, 7) is 1.91. The lowest BCUT2D eigenvalue weighted by atomic mass is 10.1. The fourth-order valence-electron chi connectivity index (χ4n) is 1.59. The normalized spacial score (nSPS) is 10.4.